The molecule has 2 atom stereocenters. The molecule has 1 saturated heterocycles. The molecule has 1 rings (SSSR count). The van der Waals surface area contributed by atoms with Gasteiger partial charge in [0.2, 0.25) is 0 Å². The molecule has 2 unspecified atom stereocenters. The minimum atomic E-state index is -0.137. The zero-order chi connectivity index (χ0) is 16.5. The van der Waals surface area contributed by atoms with Crippen LogP contribution >= 0.6 is 24.0 Å². The quantitative estimate of drug-likeness (QED) is 0.215. The van der Waals surface area contributed by atoms with E-state index in [0.29, 0.717) is 19.1 Å². The van der Waals surface area contributed by atoms with Crippen molar-refractivity contribution in [2.24, 2.45) is 22.7 Å². The fourth-order valence-corrected chi connectivity index (χ4v) is 2.59. The van der Waals surface area contributed by atoms with Gasteiger partial charge in [-0.2, -0.15) is 0 Å². The maximum Gasteiger partial charge on any atom is 0.310 e. The van der Waals surface area contributed by atoms with Crippen molar-refractivity contribution in [1.82, 2.24) is 10.2 Å². The van der Waals surface area contributed by atoms with Crippen LogP contribution in [0.2, 0.25) is 0 Å². The van der Waals surface area contributed by atoms with Crippen LogP contribution in [0.5, 0.6) is 0 Å². The maximum absolute atomic E-state index is 11.7. The van der Waals surface area contributed by atoms with Crippen molar-refractivity contribution in [3.63, 3.8) is 0 Å². The fourth-order valence-electron chi connectivity index (χ4n) is 2.59. The monoisotopic (exact) mass is 441 g/mol. The van der Waals surface area contributed by atoms with Gasteiger partial charge in [-0.3, -0.25) is 9.79 Å². The van der Waals surface area contributed by atoms with E-state index in [1.807, 2.05) is 0 Å². The van der Waals surface area contributed by atoms with Crippen molar-refractivity contribution in [2.75, 3.05) is 47.0 Å². The van der Waals surface area contributed by atoms with Crippen LogP contribution in [0.1, 0.15) is 27.2 Å². The molecule has 1 fully saturated rings. The predicted octanol–water partition coefficient (Wildman–Crippen LogP) is 1.98. The van der Waals surface area contributed by atoms with Crippen LogP contribution in [0.4, 0.5) is 0 Å². The fraction of sp³-hybridized carbons (Fsp3) is 0.875. The first-order chi connectivity index (χ1) is 10.5. The first kappa shape index (κ1) is 22.4. The van der Waals surface area contributed by atoms with Gasteiger partial charge in [0.25, 0.3) is 0 Å². The Morgan fingerprint density at radius 3 is 2.61 bits per heavy atom. The lowest BCUT2D eigenvalue weighted by molar-refractivity contribution is -0.145. The largest absolute Gasteiger partial charge is 0.469 e. The first-order valence-electron chi connectivity index (χ1n) is 8.10. The number of hydrogen-bond acceptors (Lipinski definition) is 4. The summed E-state index contributed by atoms with van der Waals surface area (Å²) in [5, 5.41) is 3.30. The maximum atomic E-state index is 11.7. The highest BCUT2D eigenvalue weighted by atomic mass is 127. The normalized spacial score (nSPS) is 21.3. The van der Waals surface area contributed by atoms with E-state index >= 15 is 0 Å². The average Bonchev–Trinajstić information content (AvgIpc) is 2.87. The number of esters is 1. The molecule has 0 saturated carbocycles. The molecule has 0 aliphatic carbocycles. The number of carbonyl (C=O) groups is 1. The summed E-state index contributed by atoms with van der Waals surface area (Å²) in [6.45, 7) is 10.1. The Balaban J connectivity index is 0.00000484. The van der Waals surface area contributed by atoms with Gasteiger partial charge in [0.1, 0.15) is 0 Å². The summed E-state index contributed by atoms with van der Waals surface area (Å²) >= 11 is 0. The Labute approximate surface area is 157 Å². The molecular weight excluding hydrogens is 409 g/mol. The molecule has 0 radical (unpaired) electrons. The van der Waals surface area contributed by atoms with Crippen molar-refractivity contribution in [2.45, 2.75) is 27.2 Å². The predicted molar refractivity (Wildman–Crippen MR) is 103 cm³/mol. The molecule has 6 nitrogen and oxygen atoms in total. The van der Waals surface area contributed by atoms with E-state index in [9.17, 15) is 4.79 Å². The van der Waals surface area contributed by atoms with Gasteiger partial charge in [0.05, 0.1) is 19.6 Å². The van der Waals surface area contributed by atoms with Gasteiger partial charge >= 0.3 is 5.97 Å². The smallest absolute Gasteiger partial charge is 0.310 e. The van der Waals surface area contributed by atoms with E-state index in [4.69, 9.17) is 9.47 Å². The second kappa shape index (κ2) is 11.9. The van der Waals surface area contributed by atoms with E-state index in [0.717, 1.165) is 32.1 Å². The number of guanidine groups is 1. The zero-order valence-corrected chi connectivity index (χ0v) is 17.3. The molecule has 0 spiro atoms. The third-order valence-electron chi connectivity index (χ3n) is 4.00. The summed E-state index contributed by atoms with van der Waals surface area (Å²) < 4.78 is 10.5. The summed E-state index contributed by atoms with van der Waals surface area (Å²) in [6, 6.07) is 0. The van der Waals surface area contributed by atoms with Crippen molar-refractivity contribution in [3.05, 3.63) is 0 Å². The van der Waals surface area contributed by atoms with E-state index < -0.39 is 0 Å². The van der Waals surface area contributed by atoms with Gasteiger partial charge in [-0.15, -0.1) is 24.0 Å². The molecule has 0 aromatic heterocycles. The molecule has 136 valence electrons. The van der Waals surface area contributed by atoms with Gasteiger partial charge in [0.15, 0.2) is 5.96 Å². The van der Waals surface area contributed by atoms with Gasteiger partial charge in [-0.1, -0.05) is 20.8 Å². The number of aliphatic imine (C=N–C) groups is 1. The van der Waals surface area contributed by atoms with Crippen LogP contribution in [0.3, 0.4) is 0 Å². The third kappa shape index (κ3) is 7.69. The number of methoxy groups -OCH3 is 1. The molecule has 0 bridgehead atoms. The number of rotatable bonds is 7. The molecule has 23 heavy (non-hydrogen) atoms. The topological polar surface area (TPSA) is 63.2 Å². The third-order valence-corrected chi connectivity index (χ3v) is 4.00. The molecule has 7 heteroatoms. The van der Waals surface area contributed by atoms with Gasteiger partial charge in [-0.25, -0.2) is 0 Å². The van der Waals surface area contributed by atoms with Crippen LogP contribution in [0.15, 0.2) is 4.99 Å². The number of carbonyl (C=O) groups excluding carboxylic acids is 1. The molecule has 1 aliphatic rings. The highest BCUT2D eigenvalue weighted by molar-refractivity contribution is 14.0. The second-order valence-corrected chi connectivity index (χ2v) is 6.28. The van der Waals surface area contributed by atoms with Crippen molar-refractivity contribution < 1.29 is 14.3 Å². The van der Waals surface area contributed by atoms with E-state index in [1.165, 1.54) is 7.11 Å². The van der Waals surface area contributed by atoms with E-state index in [-0.39, 0.29) is 41.8 Å². The summed E-state index contributed by atoms with van der Waals surface area (Å²) in [6.07, 6.45) is 1.08. The Morgan fingerprint density at radius 1 is 1.35 bits per heavy atom. The summed E-state index contributed by atoms with van der Waals surface area (Å²) in [4.78, 5) is 18.1. The lowest BCUT2D eigenvalue weighted by Crippen LogP contribution is -2.41. The van der Waals surface area contributed by atoms with Gasteiger partial charge in [0, 0.05) is 33.3 Å². The Kier molecular flexibility index (Phi) is 11.6. The lowest BCUT2D eigenvalue weighted by Gasteiger charge is -2.21. The van der Waals surface area contributed by atoms with Crippen LogP contribution in [0, 0.1) is 17.8 Å². The average molecular weight is 441 g/mol. The van der Waals surface area contributed by atoms with E-state index in [2.05, 4.69) is 36.0 Å². The minimum Gasteiger partial charge on any atom is -0.469 e. The second-order valence-electron chi connectivity index (χ2n) is 6.28. The number of likely N-dealkylation sites (tertiary alicyclic amines) is 1. The molecular formula is C16H32IN3O3. The highest BCUT2D eigenvalue weighted by Gasteiger charge is 2.36. The molecule has 1 N–H and O–H groups in total. The summed E-state index contributed by atoms with van der Waals surface area (Å²) in [5.41, 5.74) is 0. The molecule has 0 amide bonds. The first-order valence-corrected chi connectivity index (χ1v) is 8.10. The molecule has 1 aliphatic heterocycles. The Hall–Kier alpha value is -0.570. The highest BCUT2D eigenvalue weighted by Crippen LogP contribution is 2.23. The number of halogens is 1. The van der Waals surface area contributed by atoms with Gasteiger partial charge < -0.3 is 19.7 Å². The molecule has 1 heterocycles. The van der Waals surface area contributed by atoms with Crippen LogP contribution in [0.25, 0.3) is 0 Å². The molecule has 0 aromatic carbocycles. The lowest BCUT2D eigenvalue weighted by atomic mass is 9.99. The number of hydrogen-bond donors (Lipinski definition) is 1. The summed E-state index contributed by atoms with van der Waals surface area (Å²) in [7, 11) is 3.21. The number of ether oxygens (including phenoxy) is 2. The Morgan fingerprint density at radius 2 is 2.04 bits per heavy atom. The van der Waals surface area contributed by atoms with Crippen molar-refractivity contribution >= 4 is 35.9 Å². The minimum absolute atomic E-state index is 0. The molecule has 0 aromatic rings. The van der Waals surface area contributed by atoms with Crippen molar-refractivity contribution in [3.8, 4) is 0 Å². The summed E-state index contributed by atoms with van der Waals surface area (Å²) in [5.74, 6) is 1.55. The standard InChI is InChI=1S/C16H31N3O3.HI/c1-12(2)6-8-22-9-7-18-16(17-4)19-10-13(3)14(11-19)15(20)21-5;/h12-14H,6-11H2,1-5H3,(H,17,18);1H. The zero-order valence-electron chi connectivity index (χ0n) is 15.0. The number of nitrogens with zero attached hydrogens (tertiary/aromatic N) is 2. The SMILES string of the molecule is CN=C(NCCOCCC(C)C)N1CC(C)C(C(=O)OC)C1.I. The van der Waals surface area contributed by atoms with Crippen LogP contribution < -0.4 is 5.32 Å². The van der Waals surface area contributed by atoms with Crippen LogP contribution in [-0.4, -0.2) is 63.8 Å². The van der Waals surface area contributed by atoms with E-state index in [1.54, 1.807) is 7.05 Å². The Bertz CT molecular complexity index is 378. The number of nitrogens with one attached hydrogen (secondary N) is 1. The van der Waals surface area contributed by atoms with Crippen molar-refractivity contribution in [1.29, 1.82) is 0 Å². The van der Waals surface area contributed by atoms with Gasteiger partial charge in [-0.05, 0) is 18.3 Å². The van der Waals surface area contributed by atoms with Crippen LogP contribution in [-0.2, 0) is 14.3 Å².